The van der Waals surface area contributed by atoms with Crippen LogP contribution < -0.4 is 4.74 Å². The van der Waals surface area contributed by atoms with Gasteiger partial charge in [0.05, 0.1) is 42.7 Å². The fraction of sp³-hybridized carbons (Fsp3) is 0.333. The lowest BCUT2D eigenvalue weighted by atomic mass is 10.0. The summed E-state index contributed by atoms with van der Waals surface area (Å²) in [4.78, 5) is 15.9. The number of hydrogen-bond acceptors (Lipinski definition) is 6. The van der Waals surface area contributed by atoms with Crippen molar-refractivity contribution in [3.63, 3.8) is 0 Å². The summed E-state index contributed by atoms with van der Waals surface area (Å²) in [6, 6.07) is 11.6. The van der Waals surface area contributed by atoms with E-state index in [9.17, 15) is 0 Å². The van der Waals surface area contributed by atoms with Gasteiger partial charge in [0.1, 0.15) is 5.52 Å². The predicted molar refractivity (Wildman–Crippen MR) is 134 cm³/mol. The van der Waals surface area contributed by atoms with E-state index in [2.05, 4.69) is 34.1 Å². The maximum absolute atomic E-state index is 9.08. The third-order valence-electron chi connectivity index (χ3n) is 6.21. The van der Waals surface area contributed by atoms with E-state index < -0.39 is 0 Å². The zero-order valence-electron chi connectivity index (χ0n) is 20.2. The van der Waals surface area contributed by atoms with Gasteiger partial charge in [-0.2, -0.15) is 5.26 Å². The molecule has 5 rings (SSSR count). The Hall–Kier alpha value is -3.76. The summed E-state index contributed by atoms with van der Waals surface area (Å²) in [6.07, 6.45) is 9.60. The summed E-state index contributed by atoms with van der Waals surface area (Å²) in [5.41, 5.74) is 6.92. The number of hydrogen-bond donors (Lipinski definition) is 0. The number of benzene rings is 1. The van der Waals surface area contributed by atoms with Gasteiger partial charge in [0.25, 0.3) is 0 Å². The van der Waals surface area contributed by atoms with Crippen molar-refractivity contribution >= 4 is 5.52 Å². The molecule has 7 heteroatoms. The summed E-state index contributed by atoms with van der Waals surface area (Å²) in [5, 5.41) is 9.08. The average molecular weight is 455 g/mol. The van der Waals surface area contributed by atoms with E-state index >= 15 is 0 Å². The molecule has 1 fully saturated rings. The Morgan fingerprint density at radius 2 is 1.74 bits per heavy atom. The van der Waals surface area contributed by atoms with Crippen molar-refractivity contribution in [2.75, 3.05) is 27.2 Å². The van der Waals surface area contributed by atoms with E-state index in [0.29, 0.717) is 11.4 Å². The lowest BCUT2D eigenvalue weighted by Gasteiger charge is -2.20. The standard InChI is InChI=1S/C21H17N5O.C6H13N/c1-13-8-17(10-24-14(13)2)20-19(16-6-4-15(9-22)5-7-16)25-21(27-3)18-11-23-12-26(18)20;1-7-5-3-2-4-6-7/h4-8,10-12H,1-3H3;2-6H2,1H3. The van der Waals surface area contributed by atoms with Gasteiger partial charge in [0.2, 0.25) is 5.88 Å². The number of aromatic nitrogens is 4. The molecule has 0 N–H and O–H groups in total. The highest BCUT2D eigenvalue weighted by Crippen LogP contribution is 2.35. The number of piperidine rings is 1. The normalized spacial score (nSPS) is 13.7. The number of methoxy groups -OCH3 is 1. The molecule has 0 unspecified atom stereocenters. The number of aryl methyl sites for hydroxylation is 2. The molecule has 0 radical (unpaired) electrons. The second-order valence-corrected chi connectivity index (χ2v) is 8.65. The molecule has 0 atom stereocenters. The Balaban J connectivity index is 0.000000336. The number of fused-ring (bicyclic) bond motifs is 1. The fourth-order valence-electron chi connectivity index (χ4n) is 4.11. The molecule has 4 aromatic rings. The van der Waals surface area contributed by atoms with Gasteiger partial charge >= 0.3 is 0 Å². The molecular weight excluding hydrogens is 424 g/mol. The second kappa shape index (κ2) is 10.4. The maximum Gasteiger partial charge on any atom is 0.240 e. The van der Waals surface area contributed by atoms with Crippen LogP contribution in [0.1, 0.15) is 36.1 Å². The molecule has 0 saturated carbocycles. The minimum atomic E-state index is 0.493. The van der Waals surface area contributed by atoms with Gasteiger partial charge in [-0.25, -0.2) is 9.97 Å². The lowest BCUT2D eigenvalue weighted by molar-refractivity contribution is 0.277. The molecular formula is C27H30N6O. The highest BCUT2D eigenvalue weighted by atomic mass is 16.5. The summed E-state index contributed by atoms with van der Waals surface area (Å²) >= 11 is 0. The first-order valence-electron chi connectivity index (χ1n) is 11.5. The third kappa shape index (κ3) is 4.92. The first-order valence-corrected chi connectivity index (χ1v) is 11.5. The smallest absolute Gasteiger partial charge is 0.240 e. The van der Waals surface area contributed by atoms with E-state index in [1.807, 2.05) is 36.6 Å². The number of nitriles is 1. The summed E-state index contributed by atoms with van der Waals surface area (Å²) in [5.74, 6) is 0.493. The Labute approximate surface area is 200 Å². The zero-order chi connectivity index (χ0) is 24.1. The first kappa shape index (κ1) is 23.4. The van der Waals surface area contributed by atoms with Crippen LogP contribution in [0.25, 0.3) is 28.0 Å². The van der Waals surface area contributed by atoms with Gasteiger partial charge in [0, 0.05) is 23.0 Å². The van der Waals surface area contributed by atoms with Crippen molar-refractivity contribution in [2.24, 2.45) is 0 Å². The van der Waals surface area contributed by atoms with Crippen molar-refractivity contribution in [1.82, 2.24) is 24.3 Å². The topological polar surface area (TPSA) is 79.3 Å². The Bertz CT molecular complexity index is 1310. The van der Waals surface area contributed by atoms with Gasteiger partial charge in [-0.3, -0.25) is 9.38 Å². The van der Waals surface area contributed by atoms with Crippen molar-refractivity contribution < 1.29 is 4.74 Å². The van der Waals surface area contributed by atoms with Crippen molar-refractivity contribution in [1.29, 1.82) is 5.26 Å². The summed E-state index contributed by atoms with van der Waals surface area (Å²) in [7, 11) is 3.79. The quantitative estimate of drug-likeness (QED) is 0.431. The van der Waals surface area contributed by atoms with Crippen molar-refractivity contribution in [3.05, 3.63) is 65.9 Å². The predicted octanol–water partition coefficient (Wildman–Crippen LogP) is 5.06. The monoisotopic (exact) mass is 454 g/mol. The van der Waals surface area contributed by atoms with Crippen LogP contribution in [0.15, 0.2) is 49.1 Å². The number of pyridine rings is 1. The number of imidazole rings is 1. The van der Waals surface area contributed by atoms with Crippen LogP contribution in [-0.4, -0.2) is 51.5 Å². The molecule has 7 nitrogen and oxygen atoms in total. The molecule has 0 spiro atoms. The Kier molecular flexibility index (Phi) is 7.19. The summed E-state index contributed by atoms with van der Waals surface area (Å²) < 4.78 is 7.45. The Morgan fingerprint density at radius 1 is 1.00 bits per heavy atom. The fourth-order valence-corrected chi connectivity index (χ4v) is 4.11. The van der Waals surface area contributed by atoms with Crippen LogP contribution >= 0.6 is 0 Å². The largest absolute Gasteiger partial charge is 0.479 e. The molecule has 1 saturated heterocycles. The van der Waals surface area contributed by atoms with E-state index in [4.69, 9.17) is 15.0 Å². The van der Waals surface area contributed by atoms with E-state index in [1.165, 1.54) is 32.4 Å². The SMILES string of the molecule is CN1CCCCC1.COc1nc(-c2ccc(C#N)cc2)c(-c2cnc(C)c(C)c2)n2cncc12. The van der Waals surface area contributed by atoms with Gasteiger partial charge in [-0.15, -0.1) is 0 Å². The first-order chi connectivity index (χ1) is 16.5. The van der Waals surface area contributed by atoms with Crippen molar-refractivity contribution in [2.45, 2.75) is 33.1 Å². The minimum Gasteiger partial charge on any atom is -0.479 e. The average Bonchev–Trinajstić information content (AvgIpc) is 3.36. The van der Waals surface area contributed by atoms with Crippen LogP contribution in [0.5, 0.6) is 5.88 Å². The van der Waals surface area contributed by atoms with Crippen LogP contribution in [0, 0.1) is 25.2 Å². The molecule has 1 aliphatic heterocycles. The third-order valence-corrected chi connectivity index (χ3v) is 6.21. The number of likely N-dealkylation sites (tertiary alicyclic amines) is 1. The molecule has 1 aromatic carbocycles. The zero-order valence-corrected chi connectivity index (χ0v) is 20.2. The highest BCUT2D eigenvalue weighted by molar-refractivity contribution is 5.82. The number of nitrogens with zero attached hydrogens (tertiary/aromatic N) is 6. The second-order valence-electron chi connectivity index (χ2n) is 8.65. The molecule has 1 aliphatic rings. The summed E-state index contributed by atoms with van der Waals surface area (Å²) in [6.45, 7) is 6.66. The molecule has 0 aliphatic carbocycles. The lowest BCUT2D eigenvalue weighted by Crippen LogP contribution is -2.24. The van der Waals surface area contributed by atoms with Gasteiger partial charge in [0.15, 0.2) is 0 Å². The van der Waals surface area contributed by atoms with Gasteiger partial charge in [-0.05, 0) is 70.6 Å². The highest BCUT2D eigenvalue weighted by Gasteiger charge is 2.19. The van der Waals surface area contributed by atoms with E-state index in [1.54, 1.807) is 31.8 Å². The van der Waals surface area contributed by atoms with Crippen LogP contribution in [0.2, 0.25) is 0 Å². The van der Waals surface area contributed by atoms with Gasteiger partial charge in [-0.1, -0.05) is 18.6 Å². The maximum atomic E-state index is 9.08. The van der Waals surface area contributed by atoms with Crippen LogP contribution in [-0.2, 0) is 0 Å². The minimum absolute atomic E-state index is 0.493. The van der Waals surface area contributed by atoms with Crippen LogP contribution in [0.3, 0.4) is 0 Å². The number of rotatable bonds is 3. The molecule has 3 aromatic heterocycles. The molecule has 34 heavy (non-hydrogen) atoms. The molecule has 0 amide bonds. The molecule has 0 bridgehead atoms. The molecule has 4 heterocycles. The van der Waals surface area contributed by atoms with E-state index in [-0.39, 0.29) is 0 Å². The van der Waals surface area contributed by atoms with Crippen molar-refractivity contribution in [3.8, 4) is 34.5 Å². The Morgan fingerprint density at radius 3 is 2.32 bits per heavy atom. The van der Waals surface area contributed by atoms with Crippen LogP contribution in [0.4, 0.5) is 0 Å². The van der Waals surface area contributed by atoms with Gasteiger partial charge < -0.3 is 9.64 Å². The molecule has 174 valence electrons. The number of ether oxygens (including phenoxy) is 1. The van der Waals surface area contributed by atoms with E-state index in [0.717, 1.165) is 39.3 Å².